The number of carbonyl (C=O) groups is 1. The van der Waals surface area contributed by atoms with Crippen LogP contribution in [0.15, 0.2) is 48.7 Å². The van der Waals surface area contributed by atoms with Crippen molar-refractivity contribution in [3.8, 4) is 0 Å². The van der Waals surface area contributed by atoms with Crippen LogP contribution in [0, 0.1) is 10.1 Å². The van der Waals surface area contributed by atoms with Gasteiger partial charge in [-0.15, -0.1) is 0 Å². The Kier molecular flexibility index (Phi) is 3.65. The Morgan fingerprint density at radius 3 is 2.48 bits per heavy atom. The number of carbonyl (C=O) groups excluding carboxylic acids is 1. The number of pyridine rings is 1. The van der Waals surface area contributed by atoms with Crippen LogP contribution in [0.3, 0.4) is 0 Å². The molecule has 0 radical (unpaired) electrons. The summed E-state index contributed by atoms with van der Waals surface area (Å²) < 4.78 is 1.69. The van der Waals surface area contributed by atoms with Gasteiger partial charge in [0.15, 0.2) is 5.78 Å². The predicted octanol–water partition coefficient (Wildman–Crippen LogP) is 3.60. The summed E-state index contributed by atoms with van der Waals surface area (Å²) >= 11 is 0. The van der Waals surface area contributed by atoms with E-state index in [9.17, 15) is 14.9 Å². The van der Waals surface area contributed by atoms with Crippen LogP contribution in [0.25, 0.3) is 5.52 Å². The van der Waals surface area contributed by atoms with Crippen molar-refractivity contribution >= 4 is 17.0 Å². The first kappa shape index (κ1) is 14.9. The highest BCUT2D eigenvalue weighted by Crippen LogP contribution is 2.26. The monoisotopic (exact) mass is 309 g/mol. The van der Waals surface area contributed by atoms with E-state index in [-0.39, 0.29) is 17.4 Å². The van der Waals surface area contributed by atoms with Gasteiger partial charge < -0.3 is 0 Å². The maximum atomic E-state index is 12.9. The largest absolute Gasteiger partial charge is 0.288 e. The molecule has 0 amide bonds. The predicted molar refractivity (Wildman–Crippen MR) is 85.8 cm³/mol. The van der Waals surface area contributed by atoms with E-state index in [4.69, 9.17) is 0 Å². The molecule has 0 saturated carbocycles. The van der Waals surface area contributed by atoms with Gasteiger partial charge >= 0.3 is 0 Å². The van der Waals surface area contributed by atoms with Gasteiger partial charge in [0.2, 0.25) is 0 Å². The SMILES string of the molecule is CC(C)c1nn2ccccc2c1C(=O)c1ccc([N+](=O)[O-])cc1. The van der Waals surface area contributed by atoms with E-state index in [0.717, 1.165) is 11.2 Å². The molecular formula is C17H15N3O3. The zero-order chi connectivity index (χ0) is 16.6. The standard InChI is InChI=1S/C17H15N3O3/c1-11(2)16-15(14-5-3-4-10-19(14)18-16)17(21)12-6-8-13(9-7-12)20(22)23/h3-11H,1-2H3. The number of benzene rings is 1. The lowest BCUT2D eigenvalue weighted by Crippen LogP contribution is -2.05. The highest BCUT2D eigenvalue weighted by molar-refractivity contribution is 6.14. The minimum absolute atomic E-state index is 0.0366. The number of ketones is 1. The Bertz CT molecular complexity index is 895. The Balaban J connectivity index is 2.13. The maximum absolute atomic E-state index is 12.9. The van der Waals surface area contributed by atoms with Gasteiger partial charge in [-0.1, -0.05) is 19.9 Å². The first-order valence-corrected chi connectivity index (χ1v) is 7.25. The number of non-ortho nitro benzene ring substituents is 1. The molecule has 1 aromatic carbocycles. The van der Waals surface area contributed by atoms with Crippen molar-refractivity contribution in [2.24, 2.45) is 0 Å². The van der Waals surface area contributed by atoms with Crippen molar-refractivity contribution in [1.82, 2.24) is 9.61 Å². The number of nitro groups is 1. The summed E-state index contributed by atoms with van der Waals surface area (Å²) in [6.07, 6.45) is 1.80. The fourth-order valence-corrected chi connectivity index (χ4v) is 2.53. The van der Waals surface area contributed by atoms with Gasteiger partial charge in [-0.25, -0.2) is 4.52 Å². The summed E-state index contributed by atoms with van der Waals surface area (Å²) in [5.41, 5.74) is 2.38. The van der Waals surface area contributed by atoms with Crippen molar-refractivity contribution in [3.63, 3.8) is 0 Å². The van der Waals surface area contributed by atoms with Gasteiger partial charge in [-0.05, 0) is 30.2 Å². The van der Waals surface area contributed by atoms with E-state index in [1.165, 1.54) is 24.3 Å². The average Bonchev–Trinajstić information content (AvgIpc) is 2.94. The molecule has 0 aliphatic rings. The molecule has 116 valence electrons. The summed E-state index contributed by atoms with van der Waals surface area (Å²) in [5.74, 6) is -0.0864. The lowest BCUT2D eigenvalue weighted by molar-refractivity contribution is -0.384. The first-order chi connectivity index (χ1) is 11.0. The number of rotatable bonds is 4. The van der Waals surface area contributed by atoms with Crippen LogP contribution in [0.4, 0.5) is 5.69 Å². The molecule has 0 saturated heterocycles. The normalized spacial score (nSPS) is 11.1. The highest BCUT2D eigenvalue weighted by atomic mass is 16.6. The number of fused-ring (bicyclic) bond motifs is 1. The quantitative estimate of drug-likeness (QED) is 0.419. The van der Waals surface area contributed by atoms with Gasteiger partial charge in [-0.2, -0.15) is 5.10 Å². The zero-order valence-electron chi connectivity index (χ0n) is 12.8. The topological polar surface area (TPSA) is 77.5 Å². The smallest absolute Gasteiger partial charge is 0.269 e. The second kappa shape index (κ2) is 5.64. The minimum Gasteiger partial charge on any atom is -0.288 e. The molecule has 23 heavy (non-hydrogen) atoms. The fraction of sp³-hybridized carbons (Fsp3) is 0.176. The second-order valence-corrected chi connectivity index (χ2v) is 5.58. The molecule has 0 fully saturated rings. The van der Waals surface area contributed by atoms with Crippen LogP contribution >= 0.6 is 0 Å². The van der Waals surface area contributed by atoms with E-state index >= 15 is 0 Å². The molecule has 0 bridgehead atoms. The zero-order valence-corrected chi connectivity index (χ0v) is 12.8. The lowest BCUT2D eigenvalue weighted by Gasteiger charge is -2.05. The molecule has 0 N–H and O–H groups in total. The molecule has 3 rings (SSSR count). The Morgan fingerprint density at radius 2 is 1.87 bits per heavy atom. The molecule has 0 spiro atoms. The highest BCUT2D eigenvalue weighted by Gasteiger charge is 2.23. The third-order valence-corrected chi connectivity index (χ3v) is 3.68. The molecule has 0 aliphatic carbocycles. The number of nitro benzene ring substituents is 1. The summed E-state index contributed by atoms with van der Waals surface area (Å²) in [6.45, 7) is 3.96. The van der Waals surface area contributed by atoms with E-state index in [1.807, 2.05) is 32.0 Å². The lowest BCUT2D eigenvalue weighted by atomic mass is 9.97. The van der Waals surface area contributed by atoms with Crippen LogP contribution in [0.5, 0.6) is 0 Å². The van der Waals surface area contributed by atoms with Crippen LogP contribution in [0.2, 0.25) is 0 Å². The van der Waals surface area contributed by atoms with E-state index < -0.39 is 4.92 Å². The van der Waals surface area contributed by atoms with Crippen molar-refractivity contribution in [2.75, 3.05) is 0 Å². The third kappa shape index (κ3) is 2.59. The van der Waals surface area contributed by atoms with Gasteiger partial charge in [0.05, 0.1) is 21.7 Å². The maximum Gasteiger partial charge on any atom is 0.269 e. The molecule has 0 aliphatic heterocycles. The van der Waals surface area contributed by atoms with Gasteiger partial charge in [0.1, 0.15) is 0 Å². The summed E-state index contributed by atoms with van der Waals surface area (Å²) in [6, 6.07) is 11.2. The number of aromatic nitrogens is 2. The van der Waals surface area contributed by atoms with Crippen molar-refractivity contribution < 1.29 is 9.72 Å². The third-order valence-electron chi connectivity index (χ3n) is 3.68. The van der Waals surface area contributed by atoms with Crippen LogP contribution in [-0.2, 0) is 0 Å². The molecule has 2 heterocycles. The minimum atomic E-state index is -0.483. The molecule has 0 atom stereocenters. The Morgan fingerprint density at radius 1 is 1.17 bits per heavy atom. The molecular weight excluding hydrogens is 294 g/mol. The van der Waals surface area contributed by atoms with E-state index in [1.54, 1.807) is 10.7 Å². The first-order valence-electron chi connectivity index (χ1n) is 7.25. The second-order valence-electron chi connectivity index (χ2n) is 5.58. The van der Waals surface area contributed by atoms with Crippen LogP contribution < -0.4 is 0 Å². The Labute approximate surface area is 132 Å². The summed E-state index contributed by atoms with van der Waals surface area (Å²) in [5, 5.41) is 15.2. The summed E-state index contributed by atoms with van der Waals surface area (Å²) in [7, 11) is 0. The number of hydrogen-bond donors (Lipinski definition) is 0. The summed E-state index contributed by atoms with van der Waals surface area (Å²) in [4.78, 5) is 23.2. The van der Waals surface area contributed by atoms with E-state index in [2.05, 4.69) is 5.10 Å². The molecule has 2 aromatic heterocycles. The van der Waals surface area contributed by atoms with Gasteiger partial charge in [-0.3, -0.25) is 14.9 Å². The Hall–Kier alpha value is -3.02. The average molecular weight is 309 g/mol. The molecule has 6 heteroatoms. The van der Waals surface area contributed by atoms with E-state index in [0.29, 0.717) is 11.1 Å². The van der Waals surface area contributed by atoms with Crippen LogP contribution in [0.1, 0.15) is 41.4 Å². The fourth-order valence-electron chi connectivity index (χ4n) is 2.53. The molecule has 6 nitrogen and oxygen atoms in total. The molecule has 3 aromatic rings. The van der Waals surface area contributed by atoms with Gasteiger partial charge in [0.25, 0.3) is 5.69 Å². The van der Waals surface area contributed by atoms with Gasteiger partial charge in [0, 0.05) is 23.9 Å². The number of nitrogens with zero attached hydrogens (tertiary/aromatic N) is 3. The van der Waals surface area contributed by atoms with Crippen LogP contribution in [-0.4, -0.2) is 20.3 Å². The molecule has 0 unspecified atom stereocenters. The number of hydrogen-bond acceptors (Lipinski definition) is 4. The van der Waals surface area contributed by atoms with Crippen molar-refractivity contribution in [2.45, 2.75) is 19.8 Å². The van der Waals surface area contributed by atoms with Crippen molar-refractivity contribution in [3.05, 3.63) is 75.6 Å². The van der Waals surface area contributed by atoms with Crippen molar-refractivity contribution in [1.29, 1.82) is 0 Å².